The Hall–Kier alpha value is -6.90. The minimum absolute atomic E-state index is 0.0877. The molecule has 13 rings (SSSR count). The van der Waals surface area contributed by atoms with Gasteiger partial charge in [0, 0.05) is 35.7 Å². The molecule has 0 N–H and O–H groups in total. The molecule has 296 valence electrons. The summed E-state index contributed by atoms with van der Waals surface area (Å²) >= 11 is 0. The van der Waals surface area contributed by atoms with Crippen molar-refractivity contribution in [1.29, 1.82) is 0 Å². The molecule has 6 aromatic rings. The van der Waals surface area contributed by atoms with Crippen LogP contribution in [0.5, 0.6) is 0 Å². The van der Waals surface area contributed by atoms with Crippen LogP contribution in [0.1, 0.15) is 84.4 Å². The molecule has 0 bridgehead atoms. The van der Waals surface area contributed by atoms with E-state index >= 15 is 0 Å². The van der Waals surface area contributed by atoms with E-state index in [0.717, 1.165) is 56.4 Å². The Balaban J connectivity index is 1.01. The summed E-state index contributed by atoms with van der Waals surface area (Å²) in [5, 5.41) is 10.4. The number of aliphatic imine (C=N–C) groups is 1. The molecule has 3 atom stereocenters. The summed E-state index contributed by atoms with van der Waals surface area (Å²) in [6, 6.07) is 32.4. The summed E-state index contributed by atoms with van der Waals surface area (Å²) in [4.78, 5) is 11.0. The maximum absolute atomic E-state index is 5.51. The van der Waals surface area contributed by atoms with E-state index in [0.29, 0.717) is 5.92 Å². The molecule has 7 aliphatic rings. The zero-order chi connectivity index (χ0) is 40.7. The average molecular weight is 795 g/mol. The van der Waals surface area contributed by atoms with Gasteiger partial charge in [0.05, 0.1) is 11.4 Å². The second-order valence-electron chi connectivity index (χ2n) is 18.1. The highest BCUT2D eigenvalue weighted by Crippen LogP contribution is 2.50. The number of hydrogen-bond acceptors (Lipinski definition) is 2. The quantitative estimate of drug-likeness (QED) is 0.129. The maximum Gasteiger partial charge on any atom is 0.0926 e. The van der Waals surface area contributed by atoms with Crippen LogP contribution in [0.25, 0.3) is 61.2 Å². The number of rotatable bonds is 4. The van der Waals surface area contributed by atoms with E-state index in [4.69, 9.17) is 9.98 Å². The Bertz CT molecular complexity index is 3440. The Kier molecular flexibility index (Phi) is 8.29. The first kappa shape index (κ1) is 35.8. The molecule has 6 aliphatic carbocycles. The summed E-state index contributed by atoms with van der Waals surface area (Å²) in [7, 11) is 0. The van der Waals surface area contributed by atoms with Gasteiger partial charge in [-0.05, 0) is 174 Å². The SMILES string of the molecule is C1=CCC(C2=C(C3=CCCC=C3)C3CC(c4cccc5cc6ccc7ccccc7c6cc45)=CN=C3c3ncc(C4=c5cc6c(cc5=CCC4)C=CC4=CC=CCC46)cc32)C=C1. The Morgan fingerprint density at radius 1 is 0.629 bits per heavy atom. The van der Waals surface area contributed by atoms with Crippen molar-refractivity contribution in [2.75, 3.05) is 0 Å². The summed E-state index contributed by atoms with van der Waals surface area (Å²) in [6.45, 7) is 0. The third-order valence-corrected chi connectivity index (χ3v) is 14.6. The van der Waals surface area contributed by atoms with E-state index in [9.17, 15) is 0 Å². The molecule has 2 heteroatoms. The normalized spacial score (nSPS) is 22.0. The lowest BCUT2D eigenvalue weighted by atomic mass is 9.68. The van der Waals surface area contributed by atoms with Crippen LogP contribution in [0.2, 0.25) is 0 Å². The van der Waals surface area contributed by atoms with Crippen LogP contribution in [0.4, 0.5) is 0 Å². The lowest BCUT2D eigenvalue weighted by molar-refractivity contribution is 0.771. The van der Waals surface area contributed by atoms with Gasteiger partial charge in [-0.3, -0.25) is 9.98 Å². The first-order chi connectivity index (χ1) is 30.7. The van der Waals surface area contributed by atoms with E-state index in [2.05, 4.69) is 176 Å². The van der Waals surface area contributed by atoms with Crippen LogP contribution in [-0.4, -0.2) is 10.7 Å². The standard InChI is InChI=1S/C60H46N2/c1-3-15-39(16-4-1)57-55-31-45(49-23-11-19-41-29-43-27-25-37-13-7-9-21-47(37)53(43)33-51(41)49)35-61-59(55)60-56(58(57)40-17-5-2-6-18-40)32-46(36-62-60)50-24-12-20-42-30-44-28-26-38-14-8-10-22-48(38)54(44)34-52(42)50/h1,3-5,7-10,12-15,17-20,22,24-31,33-36,39,47,56H,2,6,11,16,21,23,32H2. The van der Waals surface area contributed by atoms with Crippen LogP contribution in [0, 0.1) is 11.8 Å². The fraction of sp³-hybridized carbons (Fsp3) is 0.167. The monoisotopic (exact) mass is 794 g/mol. The maximum atomic E-state index is 5.51. The highest BCUT2D eigenvalue weighted by molar-refractivity contribution is 6.16. The molecule has 62 heavy (non-hydrogen) atoms. The van der Waals surface area contributed by atoms with Gasteiger partial charge < -0.3 is 0 Å². The number of hydrogen-bond donors (Lipinski definition) is 0. The molecule has 0 spiro atoms. The Labute approximate surface area is 362 Å². The summed E-state index contributed by atoms with van der Waals surface area (Å²) < 4.78 is 0. The van der Waals surface area contributed by atoms with Crippen LogP contribution in [0.15, 0.2) is 186 Å². The van der Waals surface area contributed by atoms with Crippen LogP contribution in [-0.2, 0) is 0 Å². The van der Waals surface area contributed by atoms with Crippen molar-refractivity contribution < 1.29 is 0 Å². The molecular formula is C60H46N2. The number of aromatic nitrogens is 1. The predicted octanol–water partition coefficient (Wildman–Crippen LogP) is 13.3. The third-order valence-electron chi connectivity index (χ3n) is 14.6. The molecule has 2 heterocycles. The predicted molar refractivity (Wildman–Crippen MR) is 261 cm³/mol. The number of pyridine rings is 1. The van der Waals surface area contributed by atoms with Crippen molar-refractivity contribution in [1.82, 2.24) is 4.98 Å². The van der Waals surface area contributed by atoms with Crippen molar-refractivity contribution in [2.45, 2.75) is 50.9 Å². The van der Waals surface area contributed by atoms with Gasteiger partial charge in [-0.1, -0.05) is 134 Å². The van der Waals surface area contributed by atoms with E-state index in [1.165, 1.54) is 104 Å². The van der Waals surface area contributed by atoms with E-state index in [-0.39, 0.29) is 11.8 Å². The van der Waals surface area contributed by atoms with Crippen molar-refractivity contribution in [3.8, 4) is 0 Å². The van der Waals surface area contributed by atoms with E-state index < -0.39 is 0 Å². The number of nitrogens with zero attached hydrogens (tertiary/aromatic N) is 2. The van der Waals surface area contributed by atoms with Crippen LogP contribution < -0.4 is 10.4 Å². The summed E-state index contributed by atoms with van der Waals surface area (Å²) in [5.74, 6) is 0.752. The highest BCUT2D eigenvalue weighted by Gasteiger charge is 2.39. The molecule has 0 radical (unpaired) electrons. The molecule has 1 aromatic heterocycles. The second kappa shape index (κ2) is 14.4. The first-order valence-corrected chi connectivity index (χ1v) is 22.7. The fourth-order valence-electron chi connectivity index (χ4n) is 11.7. The van der Waals surface area contributed by atoms with Gasteiger partial charge in [0.15, 0.2) is 0 Å². The molecule has 0 amide bonds. The molecule has 1 aliphatic heterocycles. The topological polar surface area (TPSA) is 25.2 Å². The third kappa shape index (κ3) is 5.69. The lowest BCUT2D eigenvalue weighted by Gasteiger charge is -2.37. The van der Waals surface area contributed by atoms with Gasteiger partial charge in [0.25, 0.3) is 0 Å². The summed E-state index contributed by atoms with van der Waals surface area (Å²) in [5.41, 5.74) is 17.1. The summed E-state index contributed by atoms with van der Waals surface area (Å²) in [6.07, 6.45) is 41.9. The van der Waals surface area contributed by atoms with Gasteiger partial charge in [0.1, 0.15) is 0 Å². The van der Waals surface area contributed by atoms with E-state index in [1.807, 2.05) is 0 Å². The number of fused-ring (bicyclic) bond motifs is 11. The molecule has 5 aromatic carbocycles. The molecule has 0 fully saturated rings. The lowest BCUT2D eigenvalue weighted by Crippen LogP contribution is -2.33. The zero-order valence-corrected chi connectivity index (χ0v) is 34.8. The first-order valence-electron chi connectivity index (χ1n) is 22.7. The molecule has 3 unspecified atom stereocenters. The van der Waals surface area contributed by atoms with E-state index in [1.54, 1.807) is 0 Å². The Morgan fingerprint density at radius 3 is 2.48 bits per heavy atom. The zero-order valence-electron chi connectivity index (χ0n) is 34.8. The largest absolute Gasteiger partial charge is 0.258 e. The highest BCUT2D eigenvalue weighted by atomic mass is 14.8. The number of benzene rings is 5. The molecular weight excluding hydrogens is 749 g/mol. The molecule has 0 saturated carbocycles. The second-order valence-corrected chi connectivity index (χ2v) is 18.1. The van der Waals surface area contributed by atoms with Crippen LogP contribution >= 0.6 is 0 Å². The fourth-order valence-corrected chi connectivity index (χ4v) is 11.7. The smallest absolute Gasteiger partial charge is 0.0926 e. The minimum Gasteiger partial charge on any atom is -0.258 e. The molecule has 0 saturated heterocycles. The van der Waals surface area contributed by atoms with Gasteiger partial charge in [-0.25, -0.2) is 0 Å². The van der Waals surface area contributed by atoms with Crippen molar-refractivity contribution in [3.05, 3.63) is 225 Å². The van der Waals surface area contributed by atoms with Crippen molar-refractivity contribution in [2.24, 2.45) is 16.8 Å². The van der Waals surface area contributed by atoms with Crippen molar-refractivity contribution in [3.63, 3.8) is 0 Å². The Morgan fingerprint density at radius 2 is 1.55 bits per heavy atom. The number of allylic oxidation sites excluding steroid dienone is 16. The molecule has 2 nitrogen and oxygen atoms in total. The van der Waals surface area contributed by atoms with Crippen LogP contribution in [0.3, 0.4) is 0 Å². The van der Waals surface area contributed by atoms with Gasteiger partial charge in [-0.15, -0.1) is 0 Å². The van der Waals surface area contributed by atoms with Crippen molar-refractivity contribution >= 4 is 66.9 Å². The minimum atomic E-state index is 0.0877. The van der Waals surface area contributed by atoms with Gasteiger partial charge in [-0.2, -0.15) is 0 Å². The van der Waals surface area contributed by atoms with Gasteiger partial charge >= 0.3 is 0 Å². The average Bonchev–Trinajstić information content (AvgIpc) is 3.34. The van der Waals surface area contributed by atoms with Gasteiger partial charge in [0.2, 0.25) is 0 Å².